The first kappa shape index (κ1) is 18.9. The lowest BCUT2D eigenvalue weighted by Crippen LogP contribution is -2.37. The van der Waals surface area contributed by atoms with Crippen LogP contribution in [0.15, 0.2) is 35.2 Å². The van der Waals surface area contributed by atoms with Gasteiger partial charge in [0, 0.05) is 37.2 Å². The number of fused-ring (bicyclic) bond motifs is 1. The van der Waals surface area contributed by atoms with Gasteiger partial charge in [0.2, 0.25) is 11.9 Å². The Morgan fingerprint density at radius 1 is 1.07 bits per heavy atom. The molecule has 28 heavy (non-hydrogen) atoms. The zero-order chi connectivity index (χ0) is 20.1. The highest BCUT2D eigenvalue weighted by molar-refractivity contribution is 7.90. The first-order valence-corrected chi connectivity index (χ1v) is 11.3. The molecule has 4 rings (SSSR count). The molecule has 2 aliphatic rings. The Kier molecular flexibility index (Phi) is 4.61. The molecule has 2 aliphatic heterocycles. The second-order valence-corrected chi connectivity index (χ2v) is 9.73. The third kappa shape index (κ3) is 3.48. The van der Waals surface area contributed by atoms with Crippen molar-refractivity contribution < 1.29 is 13.2 Å². The van der Waals surface area contributed by atoms with Crippen molar-refractivity contribution in [3.63, 3.8) is 0 Å². The van der Waals surface area contributed by atoms with Crippen molar-refractivity contribution in [2.24, 2.45) is 0 Å². The summed E-state index contributed by atoms with van der Waals surface area (Å²) in [6.45, 7) is 5.23. The van der Waals surface area contributed by atoms with Crippen LogP contribution in [0.25, 0.3) is 0 Å². The number of aromatic nitrogens is 2. The summed E-state index contributed by atoms with van der Waals surface area (Å²) >= 11 is 0. The zero-order valence-corrected chi connectivity index (χ0v) is 17.1. The van der Waals surface area contributed by atoms with Gasteiger partial charge in [-0.3, -0.25) is 4.79 Å². The van der Waals surface area contributed by atoms with E-state index in [9.17, 15) is 13.2 Å². The number of amides is 1. The molecule has 2 saturated heterocycles. The minimum absolute atomic E-state index is 0.0870. The highest BCUT2D eigenvalue weighted by atomic mass is 32.2. The fourth-order valence-electron chi connectivity index (χ4n) is 4.26. The molecule has 0 saturated carbocycles. The second-order valence-electron chi connectivity index (χ2n) is 7.71. The number of nitrogens with zero attached hydrogens (tertiary/aromatic N) is 4. The molecule has 0 aliphatic carbocycles. The fraction of sp³-hybridized carbons (Fsp3) is 0.450. The molecule has 1 amide bonds. The van der Waals surface area contributed by atoms with E-state index in [1.54, 1.807) is 24.3 Å². The fourth-order valence-corrected chi connectivity index (χ4v) is 4.89. The van der Waals surface area contributed by atoms with E-state index in [1.165, 1.54) is 6.26 Å². The van der Waals surface area contributed by atoms with E-state index >= 15 is 0 Å². The number of rotatable bonds is 4. The predicted octanol–water partition coefficient (Wildman–Crippen LogP) is 1.88. The summed E-state index contributed by atoms with van der Waals surface area (Å²) in [4.78, 5) is 26.2. The average molecular weight is 401 g/mol. The molecular formula is C20H24N4O3S. The smallest absolute Gasteiger partial charge is 0.226 e. The van der Waals surface area contributed by atoms with Crippen LogP contribution in [0, 0.1) is 13.8 Å². The number of benzene rings is 1. The van der Waals surface area contributed by atoms with Crippen LogP contribution in [-0.2, 0) is 21.2 Å². The highest BCUT2D eigenvalue weighted by Gasteiger charge is 2.47. The zero-order valence-electron chi connectivity index (χ0n) is 16.3. The Morgan fingerprint density at radius 3 is 2.32 bits per heavy atom. The second kappa shape index (κ2) is 6.84. The number of hydrogen-bond acceptors (Lipinski definition) is 6. The molecule has 8 heteroatoms. The maximum atomic E-state index is 12.7. The lowest BCUT2D eigenvalue weighted by Gasteiger charge is -2.25. The summed E-state index contributed by atoms with van der Waals surface area (Å²) in [5, 5.41) is 0. The maximum Gasteiger partial charge on any atom is 0.226 e. The molecule has 0 N–H and O–H groups in total. The summed E-state index contributed by atoms with van der Waals surface area (Å²) in [7, 11) is -3.22. The summed E-state index contributed by atoms with van der Waals surface area (Å²) in [5.41, 5.74) is 2.79. The van der Waals surface area contributed by atoms with Gasteiger partial charge < -0.3 is 9.80 Å². The first-order valence-electron chi connectivity index (χ1n) is 9.40. The van der Waals surface area contributed by atoms with E-state index in [4.69, 9.17) is 0 Å². The minimum Gasteiger partial charge on any atom is -0.335 e. The van der Waals surface area contributed by atoms with Gasteiger partial charge in [-0.2, -0.15) is 0 Å². The van der Waals surface area contributed by atoms with Crippen molar-refractivity contribution >= 4 is 21.7 Å². The Balaban J connectivity index is 1.53. The van der Waals surface area contributed by atoms with Crippen LogP contribution in [0.3, 0.4) is 0 Å². The topological polar surface area (TPSA) is 83.5 Å². The molecule has 7 nitrogen and oxygen atoms in total. The van der Waals surface area contributed by atoms with Gasteiger partial charge in [0.05, 0.1) is 17.0 Å². The van der Waals surface area contributed by atoms with Crippen LogP contribution in [-0.4, -0.2) is 54.1 Å². The van der Waals surface area contributed by atoms with Crippen molar-refractivity contribution in [1.82, 2.24) is 14.9 Å². The van der Waals surface area contributed by atoms with Gasteiger partial charge in [-0.05, 0) is 44.0 Å². The predicted molar refractivity (Wildman–Crippen MR) is 106 cm³/mol. The molecule has 2 aromatic rings. The summed E-state index contributed by atoms with van der Waals surface area (Å²) in [6.07, 6.45) is 2.54. The van der Waals surface area contributed by atoms with Crippen molar-refractivity contribution in [1.29, 1.82) is 0 Å². The van der Waals surface area contributed by atoms with Gasteiger partial charge >= 0.3 is 0 Å². The van der Waals surface area contributed by atoms with Crippen LogP contribution < -0.4 is 4.90 Å². The molecule has 1 aromatic carbocycles. The van der Waals surface area contributed by atoms with E-state index in [0.29, 0.717) is 23.8 Å². The average Bonchev–Trinajstić information content (AvgIpc) is 3.13. The Morgan fingerprint density at radius 2 is 1.71 bits per heavy atom. The van der Waals surface area contributed by atoms with E-state index < -0.39 is 9.84 Å². The lowest BCUT2D eigenvalue weighted by atomic mass is 10.1. The lowest BCUT2D eigenvalue weighted by molar-refractivity contribution is -0.129. The molecule has 2 fully saturated rings. The third-order valence-corrected chi connectivity index (χ3v) is 6.67. The number of sulfone groups is 1. The monoisotopic (exact) mass is 400 g/mol. The van der Waals surface area contributed by atoms with Gasteiger partial charge in [-0.25, -0.2) is 18.4 Å². The van der Waals surface area contributed by atoms with Crippen LogP contribution in [0.4, 0.5) is 5.95 Å². The largest absolute Gasteiger partial charge is 0.335 e. The van der Waals surface area contributed by atoms with Crippen molar-refractivity contribution in [3.8, 4) is 0 Å². The van der Waals surface area contributed by atoms with Crippen molar-refractivity contribution in [3.05, 3.63) is 47.3 Å². The Hall–Kier alpha value is -2.48. The molecule has 0 unspecified atom stereocenters. The van der Waals surface area contributed by atoms with E-state index in [2.05, 4.69) is 14.9 Å². The summed E-state index contributed by atoms with van der Waals surface area (Å²) < 4.78 is 23.3. The van der Waals surface area contributed by atoms with E-state index in [0.717, 1.165) is 29.9 Å². The van der Waals surface area contributed by atoms with Gasteiger partial charge in [0.25, 0.3) is 0 Å². The van der Waals surface area contributed by atoms with Gasteiger partial charge in [0.1, 0.15) is 0 Å². The quantitative estimate of drug-likeness (QED) is 0.779. The van der Waals surface area contributed by atoms with Gasteiger partial charge in [-0.1, -0.05) is 12.1 Å². The molecule has 0 radical (unpaired) electrons. The number of hydrogen-bond donors (Lipinski definition) is 0. The molecule has 3 heterocycles. The Bertz CT molecular complexity index is 1000. The van der Waals surface area contributed by atoms with Crippen LogP contribution in [0.2, 0.25) is 0 Å². The molecule has 0 bridgehead atoms. The van der Waals surface area contributed by atoms with Crippen LogP contribution in [0.1, 0.15) is 29.8 Å². The molecule has 0 spiro atoms. The normalized spacial score (nSPS) is 22.0. The summed E-state index contributed by atoms with van der Waals surface area (Å²) in [5.74, 6) is 0.827. The van der Waals surface area contributed by atoms with Crippen LogP contribution >= 0.6 is 0 Å². The van der Waals surface area contributed by atoms with Gasteiger partial charge in [-0.15, -0.1) is 0 Å². The number of aryl methyl sites for hydroxylation is 2. The SMILES string of the molecule is Cc1cc(C)nc(N2CC[C@H]3[C@@H]2CC(=O)N3Cc2ccc(S(C)(=O)=O)cc2)n1. The molecule has 148 valence electrons. The maximum absolute atomic E-state index is 12.7. The van der Waals surface area contributed by atoms with Crippen molar-refractivity contribution in [2.75, 3.05) is 17.7 Å². The first-order chi connectivity index (χ1) is 13.2. The van der Waals surface area contributed by atoms with Crippen molar-refractivity contribution in [2.45, 2.75) is 50.2 Å². The van der Waals surface area contributed by atoms with E-state index in [1.807, 2.05) is 24.8 Å². The summed E-state index contributed by atoms with van der Waals surface area (Å²) in [6, 6.07) is 8.95. The van der Waals surface area contributed by atoms with Crippen LogP contribution in [0.5, 0.6) is 0 Å². The number of likely N-dealkylation sites (tertiary alicyclic amines) is 1. The number of carbonyl (C=O) groups is 1. The minimum atomic E-state index is -3.22. The Labute approximate surface area is 165 Å². The van der Waals surface area contributed by atoms with E-state index in [-0.39, 0.29) is 18.0 Å². The van der Waals surface area contributed by atoms with Gasteiger partial charge in [0.15, 0.2) is 9.84 Å². The number of anilines is 1. The standard InChI is InChI=1S/C20H24N4O3S/c1-13-10-14(2)22-20(21-13)23-9-8-17-18(23)11-19(25)24(17)12-15-4-6-16(7-5-15)28(3,26)27/h4-7,10,17-18H,8-9,11-12H2,1-3H3/t17-,18-/m0/s1. The molecular weight excluding hydrogens is 376 g/mol. The number of carbonyl (C=O) groups excluding carboxylic acids is 1. The molecule has 2 atom stereocenters. The highest BCUT2D eigenvalue weighted by Crippen LogP contribution is 2.35. The molecule has 1 aromatic heterocycles. The third-order valence-electron chi connectivity index (χ3n) is 5.55.